The first kappa shape index (κ1) is 17.7. The van der Waals surface area contributed by atoms with Crippen LogP contribution in [0.1, 0.15) is 27.9 Å². The minimum atomic E-state index is -4.25. The van der Waals surface area contributed by atoms with E-state index in [0.29, 0.717) is 12.1 Å². The lowest BCUT2D eigenvalue weighted by Gasteiger charge is -2.32. The molecule has 0 atom stereocenters. The first-order chi connectivity index (χ1) is 10.7. The second-order valence-electron chi connectivity index (χ2n) is 5.98. The van der Waals surface area contributed by atoms with Crippen molar-refractivity contribution in [2.45, 2.75) is 25.6 Å². The Hall–Kier alpha value is -1.60. The fraction of sp³-hybridized carbons (Fsp3) is 0.562. The number of piperazine rings is 1. The molecule has 0 radical (unpaired) electrons. The Kier molecular flexibility index (Phi) is 5.64. The SMILES string of the molecule is CN1CCN(Cc2ccc(C(=O)O)cc2CCC(F)(F)F)CC1. The maximum absolute atomic E-state index is 12.5. The summed E-state index contributed by atoms with van der Waals surface area (Å²) in [5, 5.41) is 9.04. The molecule has 1 aromatic carbocycles. The highest BCUT2D eigenvalue weighted by molar-refractivity contribution is 5.87. The number of benzene rings is 1. The van der Waals surface area contributed by atoms with Gasteiger partial charge < -0.3 is 10.0 Å². The van der Waals surface area contributed by atoms with Crippen molar-refractivity contribution in [3.05, 3.63) is 34.9 Å². The highest BCUT2D eigenvalue weighted by Crippen LogP contribution is 2.25. The van der Waals surface area contributed by atoms with E-state index in [4.69, 9.17) is 5.11 Å². The predicted octanol–water partition coefficient (Wildman–Crippen LogP) is 2.63. The predicted molar refractivity (Wildman–Crippen MR) is 80.6 cm³/mol. The molecule has 1 N–H and O–H groups in total. The van der Waals surface area contributed by atoms with Crippen LogP contribution in [-0.4, -0.2) is 60.3 Å². The number of nitrogens with zero attached hydrogens (tertiary/aromatic N) is 2. The summed E-state index contributed by atoms with van der Waals surface area (Å²) in [6, 6.07) is 4.48. The number of alkyl halides is 3. The van der Waals surface area contributed by atoms with Gasteiger partial charge in [-0.2, -0.15) is 13.2 Å². The third-order valence-corrected chi connectivity index (χ3v) is 4.12. The largest absolute Gasteiger partial charge is 0.478 e. The number of aryl methyl sites for hydroxylation is 1. The number of carboxylic acid groups (broad SMARTS) is 1. The third kappa shape index (κ3) is 5.51. The average molecular weight is 330 g/mol. The molecule has 1 aliphatic heterocycles. The second-order valence-corrected chi connectivity index (χ2v) is 5.98. The van der Waals surface area contributed by atoms with E-state index in [9.17, 15) is 18.0 Å². The molecule has 7 heteroatoms. The smallest absolute Gasteiger partial charge is 0.389 e. The standard InChI is InChI=1S/C16H21F3N2O2/c1-20-6-8-21(9-7-20)11-14-3-2-13(15(22)23)10-12(14)4-5-16(17,18)19/h2-3,10H,4-9,11H2,1H3,(H,22,23). The van der Waals surface area contributed by atoms with Crippen LogP contribution in [0.25, 0.3) is 0 Å². The van der Waals surface area contributed by atoms with Gasteiger partial charge in [0.15, 0.2) is 0 Å². The van der Waals surface area contributed by atoms with Crippen molar-refractivity contribution < 1.29 is 23.1 Å². The van der Waals surface area contributed by atoms with E-state index in [1.165, 1.54) is 12.1 Å². The number of rotatable bonds is 5. The number of carboxylic acids is 1. The molecule has 1 heterocycles. The van der Waals surface area contributed by atoms with Crippen molar-refractivity contribution in [1.29, 1.82) is 0 Å². The first-order valence-electron chi connectivity index (χ1n) is 7.57. The van der Waals surface area contributed by atoms with Crippen molar-refractivity contribution in [1.82, 2.24) is 9.80 Å². The lowest BCUT2D eigenvalue weighted by Crippen LogP contribution is -2.44. The zero-order valence-corrected chi connectivity index (χ0v) is 13.1. The van der Waals surface area contributed by atoms with Crippen LogP contribution in [0.5, 0.6) is 0 Å². The Morgan fingerprint density at radius 1 is 1.17 bits per heavy atom. The molecule has 0 amide bonds. The van der Waals surface area contributed by atoms with Crippen molar-refractivity contribution in [2.24, 2.45) is 0 Å². The van der Waals surface area contributed by atoms with Gasteiger partial charge in [-0.3, -0.25) is 4.90 Å². The Balaban J connectivity index is 2.14. The molecule has 0 spiro atoms. The van der Waals surface area contributed by atoms with Gasteiger partial charge in [-0.05, 0) is 36.7 Å². The molecule has 2 rings (SSSR count). The van der Waals surface area contributed by atoms with Crippen molar-refractivity contribution in [3.63, 3.8) is 0 Å². The highest BCUT2D eigenvalue weighted by atomic mass is 19.4. The van der Waals surface area contributed by atoms with Crippen molar-refractivity contribution >= 4 is 5.97 Å². The maximum atomic E-state index is 12.5. The molecular formula is C16H21F3N2O2. The van der Waals surface area contributed by atoms with E-state index in [0.717, 1.165) is 31.7 Å². The highest BCUT2D eigenvalue weighted by Gasteiger charge is 2.27. The monoisotopic (exact) mass is 330 g/mol. The zero-order chi connectivity index (χ0) is 17.0. The molecule has 128 valence electrons. The molecule has 4 nitrogen and oxygen atoms in total. The van der Waals surface area contributed by atoms with Crippen LogP contribution in [0, 0.1) is 0 Å². The van der Waals surface area contributed by atoms with Gasteiger partial charge in [0.2, 0.25) is 0 Å². The van der Waals surface area contributed by atoms with E-state index in [2.05, 4.69) is 9.80 Å². The van der Waals surface area contributed by atoms with Crippen LogP contribution in [-0.2, 0) is 13.0 Å². The zero-order valence-electron chi connectivity index (χ0n) is 13.1. The Morgan fingerprint density at radius 3 is 2.39 bits per heavy atom. The number of carbonyl (C=O) groups is 1. The third-order valence-electron chi connectivity index (χ3n) is 4.12. The summed E-state index contributed by atoms with van der Waals surface area (Å²) in [7, 11) is 2.04. The molecule has 1 saturated heterocycles. The molecule has 1 aromatic rings. The summed E-state index contributed by atoms with van der Waals surface area (Å²) in [5.74, 6) is -1.12. The maximum Gasteiger partial charge on any atom is 0.389 e. The van der Waals surface area contributed by atoms with Gasteiger partial charge in [0, 0.05) is 39.1 Å². The van der Waals surface area contributed by atoms with Gasteiger partial charge >= 0.3 is 12.1 Å². The summed E-state index contributed by atoms with van der Waals surface area (Å²) in [5.41, 5.74) is 1.29. The summed E-state index contributed by atoms with van der Waals surface area (Å²) in [6.07, 6.45) is -5.37. The fourth-order valence-corrected chi connectivity index (χ4v) is 2.67. The molecule has 0 bridgehead atoms. The van der Waals surface area contributed by atoms with Crippen LogP contribution < -0.4 is 0 Å². The molecule has 0 unspecified atom stereocenters. The van der Waals surface area contributed by atoms with Gasteiger partial charge in [-0.1, -0.05) is 6.07 Å². The normalized spacial score (nSPS) is 17.4. The average Bonchev–Trinajstić information content (AvgIpc) is 2.47. The first-order valence-corrected chi connectivity index (χ1v) is 7.57. The van der Waals surface area contributed by atoms with E-state index in [1.807, 2.05) is 7.05 Å². The van der Waals surface area contributed by atoms with Crippen LogP contribution in [0.15, 0.2) is 18.2 Å². The summed E-state index contributed by atoms with van der Waals surface area (Å²) in [6.45, 7) is 4.11. The van der Waals surface area contributed by atoms with Gasteiger partial charge in [-0.15, -0.1) is 0 Å². The molecule has 1 fully saturated rings. The fourth-order valence-electron chi connectivity index (χ4n) is 2.67. The lowest BCUT2D eigenvalue weighted by molar-refractivity contribution is -0.134. The summed E-state index contributed by atoms with van der Waals surface area (Å²) >= 11 is 0. The minimum absolute atomic E-state index is 0.0318. The summed E-state index contributed by atoms with van der Waals surface area (Å²) in [4.78, 5) is 15.4. The molecule has 0 aromatic heterocycles. The minimum Gasteiger partial charge on any atom is -0.478 e. The van der Waals surface area contributed by atoms with Gasteiger partial charge in [0.1, 0.15) is 0 Å². The van der Waals surface area contributed by atoms with Crippen LogP contribution in [0.2, 0.25) is 0 Å². The Bertz CT molecular complexity index is 553. The Morgan fingerprint density at radius 2 is 1.83 bits per heavy atom. The van der Waals surface area contributed by atoms with Crippen molar-refractivity contribution in [2.75, 3.05) is 33.2 Å². The van der Waals surface area contributed by atoms with Gasteiger partial charge in [0.05, 0.1) is 5.56 Å². The molecule has 0 aliphatic carbocycles. The summed E-state index contributed by atoms with van der Waals surface area (Å²) < 4.78 is 37.5. The molecule has 23 heavy (non-hydrogen) atoms. The number of hydrogen-bond acceptors (Lipinski definition) is 3. The van der Waals surface area contributed by atoms with Crippen LogP contribution >= 0.6 is 0 Å². The van der Waals surface area contributed by atoms with Gasteiger partial charge in [0.25, 0.3) is 0 Å². The number of hydrogen-bond donors (Lipinski definition) is 1. The number of halogens is 3. The van der Waals surface area contributed by atoms with E-state index < -0.39 is 18.6 Å². The number of likely N-dealkylation sites (N-methyl/N-ethyl adjacent to an activating group) is 1. The topological polar surface area (TPSA) is 43.8 Å². The van der Waals surface area contributed by atoms with E-state index in [-0.39, 0.29) is 12.0 Å². The molecule has 1 aliphatic rings. The van der Waals surface area contributed by atoms with Gasteiger partial charge in [-0.25, -0.2) is 4.79 Å². The van der Waals surface area contributed by atoms with Crippen LogP contribution in [0.3, 0.4) is 0 Å². The lowest BCUT2D eigenvalue weighted by atomic mass is 9.99. The second kappa shape index (κ2) is 7.31. The van der Waals surface area contributed by atoms with E-state index >= 15 is 0 Å². The number of aromatic carboxylic acids is 1. The Labute approximate surface area is 133 Å². The molecule has 0 saturated carbocycles. The van der Waals surface area contributed by atoms with Crippen LogP contribution in [0.4, 0.5) is 13.2 Å². The quantitative estimate of drug-likeness (QED) is 0.901. The van der Waals surface area contributed by atoms with Crippen molar-refractivity contribution in [3.8, 4) is 0 Å². The van der Waals surface area contributed by atoms with E-state index in [1.54, 1.807) is 6.07 Å². The molecular weight excluding hydrogens is 309 g/mol.